The quantitative estimate of drug-likeness (QED) is 0.829. The Bertz CT molecular complexity index is 483. The number of hydrogen-bond donors (Lipinski definition) is 1. The predicted octanol–water partition coefficient (Wildman–Crippen LogP) is 3.52. The molecule has 0 aliphatic heterocycles. The summed E-state index contributed by atoms with van der Waals surface area (Å²) in [4.78, 5) is 0. The summed E-state index contributed by atoms with van der Waals surface area (Å²) in [5.41, 5.74) is 2.29. The lowest BCUT2D eigenvalue weighted by Gasteiger charge is -2.09. The van der Waals surface area contributed by atoms with E-state index < -0.39 is 0 Å². The number of furan rings is 1. The van der Waals surface area contributed by atoms with Crippen molar-refractivity contribution in [3.05, 3.63) is 52.4 Å². The van der Waals surface area contributed by atoms with E-state index in [0.29, 0.717) is 6.61 Å². The van der Waals surface area contributed by atoms with E-state index in [1.54, 1.807) is 12.5 Å². The second-order valence-electron chi connectivity index (χ2n) is 4.07. The number of halogens is 1. The molecule has 1 aromatic heterocycles. The molecule has 1 N–H and O–H groups in total. The van der Waals surface area contributed by atoms with E-state index in [1.165, 1.54) is 0 Å². The highest BCUT2D eigenvalue weighted by Crippen LogP contribution is 2.21. The first-order valence-electron chi connectivity index (χ1n) is 5.86. The Hall–Kier alpha value is -1.26. The van der Waals surface area contributed by atoms with Gasteiger partial charge in [-0.2, -0.15) is 0 Å². The van der Waals surface area contributed by atoms with Crippen LogP contribution in [-0.4, -0.2) is 13.2 Å². The van der Waals surface area contributed by atoms with Gasteiger partial charge in [0.1, 0.15) is 12.4 Å². The molecule has 0 atom stereocenters. The molecule has 0 saturated heterocycles. The maximum Gasteiger partial charge on any atom is 0.122 e. The molecule has 18 heavy (non-hydrogen) atoms. The third-order valence-electron chi connectivity index (χ3n) is 2.58. The van der Waals surface area contributed by atoms with Gasteiger partial charge in [0.15, 0.2) is 0 Å². The average molecular weight is 310 g/mol. The number of aryl methyl sites for hydroxylation is 1. The minimum atomic E-state index is 0.653. The molecular formula is C14H16BrNO2. The lowest BCUT2D eigenvalue weighted by Crippen LogP contribution is -2.20. The highest BCUT2D eigenvalue weighted by Gasteiger charge is 2.00. The van der Waals surface area contributed by atoms with Crippen molar-refractivity contribution in [3.63, 3.8) is 0 Å². The minimum absolute atomic E-state index is 0.653. The summed E-state index contributed by atoms with van der Waals surface area (Å²) in [5, 5.41) is 3.29. The van der Waals surface area contributed by atoms with Gasteiger partial charge in [0, 0.05) is 23.1 Å². The first-order valence-corrected chi connectivity index (χ1v) is 6.66. The molecule has 0 saturated carbocycles. The highest BCUT2D eigenvalue weighted by molar-refractivity contribution is 9.10. The van der Waals surface area contributed by atoms with E-state index >= 15 is 0 Å². The summed E-state index contributed by atoms with van der Waals surface area (Å²) in [6.07, 6.45) is 3.42. The number of nitrogens with one attached hydrogen (secondary N) is 1. The zero-order valence-corrected chi connectivity index (χ0v) is 11.9. The molecule has 0 unspecified atom stereocenters. The summed E-state index contributed by atoms with van der Waals surface area (Å²) in [7, 11) is 0. The number of ether oxygens (including phenoxy) is 1. The van der Waals surface area contributed by atoms with Crippen LogP contribution in [0.1, 0.15) is 11.1 Å². The van der Waals surface area contributed by atoms with Crippen molar-refractivity contribution in [1.82, 2.24) is 5.32 Å². The van der Waals surface area contributed by atoms with Gasteiger partial charge >= 0.3 is 0 Å². The van der Waals surface area contributed by atoms with Crippen molar-refractivity contribution in [2.45, 2.75) is 13.5 Å². The van der Waals surface area contributed by atoms with Crippen LogP contribution in [0.15, 0.2) is 45.7 Å². The second-order valence-corrected chi connectivity index (χ2v) is 4.98. The fourth-order valence-electron chi connectivity index (χ4n) is 1.63. The van der Waals surface area contributed by atoms with Gasteiger partial charge in [-0.25, -0.2) is 0 Å². The maximum atomic E-state index is 5.70. The van der Waals surface area contributed by atoms with Crippen molar-refractivity contribution in [2.24, 2.45) is 0 Å². The van der Waals surface area contributed by atoms with Crippen molar-refractivity contribution >= 4 is 15.9 Å². The summed E-state index contributed by atoms with van der Waals surface area (Å²) in [6, 6.07) is 7.97. The van der Waals surface area contributed by atoms with Crippen molar-refractivity contribution in [2.75, 3.05) is 13.2 Å². The van der Waals surface area contributed by atoms with E-state index in [0.717, 1.165) is 34.4 Å². The van der Waals surface area contributed by atoms with Gasteiger partial charge in [0.25, 0.3) is 0 Å². The van der Waals surface area contributed by atoms with Crippen LogP contribution in [0.4, 0.5) is 0 Å². The Morgan fingerprint density at radius 1 is 1.33 bits per heavy atom. The third kappa shape index (κ3) is 3.89. The average Bonchev–Trinajstić information content (AvgIpc) is 2.84. The predicted molar refractivity (Wildman–Crippen MR) is 74.8 cm³/mol. The summed E-state index contributed by atoms with van der Waals surface area (Å²) >= 11 is 3.43. The lowest BCUT2D eigenvalue weighted by molar-refractivity contribution is 0.311. The van der Waals surface area contributed by atoms with Gasteiger partial charge in [0.2, 0.25) is 0 Å². The SMILES string of the molecule is Cc1cc(Br)ccc1OCCNCc1ccoc1. The van der Waals surface area contributed by atoms with E-state index in [9.17, 15) is 0 Å². The van der Waals surface area contributed by atoms with Crippen molar-refractivity contribution in [3.8, 4) is 5.75 Å². The smallest absolute Gasteiger partial charge is 0.122 e. The Morgan fingerprint density at radius 2 is 2.22 bits per heavy atom. The van der Waals surface area contributed by atoms with Crippen molar-refractivity contribution in [1.29, 1.82) is 0 Å². The zero-order chi connectivity index (χ0) is 12.8. The Balaban J connectivity index is 1.69. The standard InChI is InChI=1S/C14H16BrNO2/c1-11-8-13(15)2-3-14(11)18-7-5-16-9-12-4-6-17-10-12/h2-4,6,8,10,16H,5,7,9H2,1H3. The molecule has 0 radical (unpaired) electrons. The molecule has 0 amide bonds. The van der Waals surface area contributed by atoms with Gasteiger partial charge in [-0.1, -0.05) is 15.9 Å². The molecule has 4 heteroatoms. The number of benzene rings is 1. The fraction of sp³-hybridized carbons (Fsp3) is 0.286. The van der Waals surface area contributed by atoms with Gasteiger partial charge < -0.3 is 14.5 Å². The van der Waals surface area contributed by atoms with Crippen LogP contribution in [-0.2, 0) is 6.54 Å². The summed E-state index contributed by atoms with van der Waals surface area (Å²) < 4.78 is 11.8. The van der Waals surface area contributed by atoms with Crippen LogP contribution in [0.25, 0.3) is 0 Å². The summed E-state index contributed by atoms with van der Waals surface area (Å²) in [6.45, 7) is 4.30. The van der Waals surface area contributed by atoms with Crippen LogP contribution in [0.5, 0.6) is 5.75 Å². The molecule has 2 rings (SSSR count). The Labute approximate surface area is 115 Å². The molecule has 0 bridgehead atoms. The van der Waals surface area contributed by atoms with Crippen LogP contribution in [0, 0.1) is 6.92 Å². The van der Waals surface area contributed by atoms with Crippen LogP contribution in [0.3, 0.4) is 0 Å². The zero-order valence-electron chi connectivity index (χ0n) is 10.3. The first-order chi connectivity index (χ1) is 8.75. The lowest BCUT2D eigenvalue weighted by atomic mass is 10.2. The molecule has 2 aromatic rings. The van der Waals surface area contributed by atoms with Crippen LogP contribution < -0.4 is 10.1 Å². The largest absolute Gasteiger partial charge is 0.492 e. The Morgan fingerprint density at radius 3 is 2.94 bits per heavy atom. The molecule has 0 fully saturated rings. The van der Waals surface area contributed by atoms with E-state index in [1.807, 2.05) is 31.2 Å². The molecule has 0 spiro atoms. The molecule has 1 aromatic carbocycles. The first kappa shape index (κ1) is 13.2. The molecule has 0 aliphatic carbocycles. The highest BCUT2D eigenvalue weighted by atomic mass is 79.9. The fourth-order valence-corrected chi connectivity index (χ4v) is 2.11. The molecule has 96 valence electrons. The van der Waals surface area contributed by atoms with Gasteiger partial charge in [-0.3, -0.25) is 0 Å². The Kier molecular flexibility index (Phi) is 4.84. The topological polar surface area (TPSA) is 34.4 Å². The normalized spacial score (nSPS) is 10.6. The van der Waals surface area contributed by atoms with Crippen LogP contribution in [0.2, 0.25) is 0 Å². The number of rotatable bonds is 6. The van der Waals surface area contributed by atoms with E-state index in [-0.39, 0.29) is 0 Å². The van der Waals surface area contributed by atoms with E-state index in [2.05, 4.69) is 21.2 Å². The molecule has 3 nitrogen and oxygen atoms in total. The van der Waals surface area contributed by atoms with Crippen molar-refractivity contribution < 1.29 is 9.15 Å². The van der Waals surface area contributed by atoms with E-state index in [4.69, 9.17) is 9.15 Å². The molecule has 1 heterocycles. The summed E-state index contributed by atoms with van der Waals surface area (Å²) in [5.74, 6) is 0.934. The minimum Gasteiger partial charge on any atom is -0.492 e. The molecule has 0 aliphatic rings. The third-order valence-corrected chi connectivity index (χ3v) is 3.08. The van der Waals surface area contributed by atoms with Gasteiger partial charge in [-0.15, -0.1) is 0 Å². The van der Waals surface area contributed by atoms with Crippen LogP contribution >= 0.6 is 15.9 Å². The maximum absolute atomic E-state index is 5.70. The second kappa shape index (κ2) is 6.61. The number of hydrogen-bond acceptors (Lipinski definition) is 3. The van der Waals surface area contributed by atoms with Gasteiger partial charge in [-0.05, 0) is 36.8 Å². The molecular weight excluding hydrogens is 294 g/mol. The monoisotopic (exact) mass is 309 g/mol. The van der Waals surface area contributed by atoms with Gasteiger partial charge in [0.05, 0.1) is 12.5 Å².